The number of carbonyl (C=O) groups excluding carboxylic acids is 1. The molecule has 116 valence electrons. The molecule has 0 atom stereocenters. The van der Waals surface area contributed by atoms with Gasteiger partial charge in [0.15, 0.2) is 0 Å². The molecule has 2 fully saturated rings. The lowest BCUT2D eigenvalue weighted by atomic mass is 9.83. The highest BCUT2D eigenvalue weighted by Gasteiger charge is 2.24. The third kappa shape index (κ3) is 4.74. The molecule has 1 amide bonds. The third-order valence-electron chi connectivity index (χ3n) is 4.95. The van der Waals surface area contributed by atoms with Crippen LogP contribution in [0.15, 0.2) is 0 Å². The number of amides is 1. The van der Waals surface area contributed by atoms with Gasteiger partial charge in [0.1, 0.15) is 6.61 Å². The summed E-state index contributed by atoms with van der Waals surface area (Å²) in [6.45, 7) is 5.52. The number of likely N-dealkylation sites (tertiary alicyclic amines) is 1. The van der Waals surface area contributed by atoms with Gasteiger partial charge in [-0.2, -0.15) is 0 Å². The number of rotatable bonds is 5. The van der Waals surface area contributed by atoms with Gasteiger partial charge in [-0.25, -0.2) is 0 Å². The third-order valence-corrected chi connectivity index (χ3v) is 4.95. The molecule has 1 N–H and O–H groups in total. The molecule has 0 unspecified atom stereocenters. The molecular weight excluding hydrogens is 252 g/mol. The summed E-state index contributed by atoms with van der Waals surface area (Å²) >= 11 is 0. The summed E-state index contributed by atoms with van der Waals surface area (Å²) in [5.74, 6) is 1.94. The van der Waals surface area contributed by atoms with Crippen LogP contribution in [0, 0.1) is 11.8 Å². The second-order valence-electron chi connectivity index (χ2n) is 6.62. The van der Waals surface area contributed by atoms with E-state index in [4.69, 9.17) is 4.74 Å². The maximum atomic E-state index is 11.7. The fourth-order valence-electron chi connectivity index (χ4n) is 3.41. The Morgan fingerprint density at radius 3 is 2.40 bits per heavy atom. The van der Waals surface area contributed by atoms with Crippen molar-refractivity contribution < 1.29 is 9.53 Å². The number of methoxy groups -OCH3 is 1. The Morgan fingerprint density at radius 1 is 1.15 bits per heavy atom. The zero-order chi connectivity index (χ0) is 14.4. The highest BCUT2D eigenvalue weighted by molar-refractivity contribution is 5.77. The van der Waals surface area contributed by atoms with E-state index in [1.54, 1.807) is 7.11 Å². The van der Waals surface area contributed by atoms with E-state index >= 15 is 0 Å². The number of piperidine rings is 1. The summed E-state index contributed by atoms with van der Waals surface area (Å²) in [6.07, 6.45) is 7.74. The summed E-state index contributed by atoms with van der Waals surface area (Å²) in [6, 6.07) is 0.598. The molecule has 4 heteroatoms. The van der Waals surface area contributed by atoms with Crippen molar-refractivity contribution in [1.29, 1.82) is 0 Å². The second kappa shape index (κ2) is 7.99. The van der Waals surface area contributed by atoms with Crippen molar-refractivity contribution in [2.24, 2.45) is 11.8 Å². The molecule has 20 heavy (non-hydrogen) atoms. The fourth-order valence-corrected chi connectivity index (χ4v) is 3.41. The van der Waals surface area contributed by atoms with Gasteiger partial charge >= 0.3 is 0 Å². The molecule has 0 radical (unpaired) electrons. The molecule has 1 aliphatic heterocycles. The molecule has 0 aromatic heterocycles. The minimum atomic E-state index is 0.132. The molecule has 0 aromatic rings. The second-order valence-corrected chi connectivity index (χ2v) is 6.62. The van der Waals surface area contributed by atoms with Gasteiger partial charge in [0, 0.05) is 26.2 Å². The number of carbonyl (C=O) groups is 1. The zero-order valence-corrected chi connectivity index (χ0v) is 13.1. The fraction of sp³-hybridized carbons (Fsp3) is 0.938. The molecule has 1 heterocycles. The van der Waals surface area contributed by atoms with Crippen molar-refractivity contribution in [3.8, 4) is 0 Å². The molecule has 1 saturated carbocycles. The van der Waals surface area contributed by atoms with Crippen LogP contribution in [0.2, 0.25) is 0 Å². The summed E-state index contributed by atoms with van der Waals surface area (Å²) in [4.78, 5) is 13.7. The highest BCUT2D eigenvalue weighted by Crippen LogP contribution is 2.28. The Kier molecular flexibility index (Phi) is 6.30. The number of ether oxygens (including phenoxy) is 1. The Hall–Kier alpha value is -0.610. The topological polar surface area (TPSA) is 41.6 Å². The first-order chi connectivity index (χ1) is 9.69. The lowest BCUT2D eigenvalue weighted by Crippen LogP contribution is -2.46. The van der Waals surface area contributed by atoms with Gasteiger partial charge in [0.05, 0.1) is 0 Å². The molecule has 0 spiro atoms. The Morgan fingerprint density at radius 2 is 1.80 bits per heavy atom. The van der Waals surface area contributed by atoms with Crippen LogP contribution in [-0.4, -0.2) is 50.2 Å². The Bertz CT molecular complexity index is 293. The minimum Gasteiger partial charge on any atom is -0.375 e. The van der Waals surface area contributed by atoms with Gasteiger partial charge in [-0.1, -0.05) is 19.8 Å². The average molecular weight is 282 g/mol. The van der Waals surface area contributed by atoms with Gasteiger partial charge in [0.2, 0.25) is 5.91 Å². The Labute approximate surface area is 123 Å². The minimum absolute atomic E-state index is 0.132. The first-order valence-corrected chi connectivity index (χ1v) is 8.19. The van der Waals surface area contributed by atoms with Gasteiger partial charge < -0.3 is 15.0 Å². The molecule has 1 saturated heterocycles. The van der Waals surface area contributed by atoms with Crippen molar-refractivity contribution in [1.82, 2.24) is 10.2 Å². The SMILES string of the molecule is COCC(=O)N1CCC(NCC2CCC(C)CC2)CC1. The van der Waals surface area contributed by atoms with Crippen LogP contribution in [0.4, 0.5) is 0 Å². The summed E-state index contributed by atoms with van der Waals surface area (Å²) in [5, 5.41) is 3.73. The average Bonchev–Trinajstić information content (AvgIpc) is 2.47. The van der Waals surface area contributed by atoms with Crippen molar-refractivity contribution in [3.63, 3.8) is 0 Å². The van der Waals surface area contributed by atoms with E-state index in [1.165, 1.54) is 32.2 Å². The predicted molar refractivity (Wildman–Crippen MR) is 80.6 cm³/mol. The van der Waals surface area contributed by atoms with Crippen molar-refractivity contribution in [2.75, 3.05) is 33.4 Å². The quantitative estimate of drug-likeness (QED) is 0.839. The van der Waals surface area contributed by atoms with Crippen LogP contribution in [0.25, 0.3) is 0 Å². The van der Waals surface area contributed by atoms with Crippen molar-refractivity contribution in [2.45, 2.75) is 51.5 Å². The van der Waals surface area contributed by atoms with Crippen molar-refractivity contribution >= 4 is 5.91 Å². The predicted octanol–water partition coefficient (Wildman–Crippen LogP) is 2.04. The Balaban J connectivity index is 1.61. The monoisotopic (exact) mass is 282 g/mol. The van der Waals surface area contributed by atoms with Gasteiger partial charge in [-0.3, -0.25) is 4.79 Å². The van der Waals surface area contributed by atoms with E-state index in [9.17, 15) is 4.79 Å². The van der Waals surface area contributed by atoms with E-state index in [0.29, 0.717) is 6.04 Å². The zero-order valence-electron chi connectivity index (χ0n) is 13.1. The van der Waals surface area contributed by atoms with Crippen LogP contribution >= 0.6 is 0 Å². The number of hydrogen-bond donors (Lipinski definition) is 1. The number of hydrogen-bond acceptors (Lipinski definition) is 3. The van der Waals surface area contributed by atoms with Crippen LogP contribution in [0.5, 0.6) is 0 Å². The molecule has 2 aliphatic rings. The van der Waals surface area contributed by atoms with E-state index < -0.39 is 0 Å². The van der Waals surface area contributed by atoms with Crippen LogP contribution in [0.1, 0.15) is 45.4 Å². The number of nitrogens with zero attached hydrogens (tertiary/aromatic N) is 1. The summed E-state index contributed by atoms with van der Waals surface area (Å²) in [5.41, 5.74) is 0. The maximum Gasteiger partial charge on any atom is 0.248 e. The normalized spacial score (nSPS) is 28.6. The van der Waals surface area contributed by atoms with Crippen LogP contribution < -0.4 is 5.32 Å². The van der Waals surface area contributed by atoms with Crippen LogP contribution in [-0.2, 0) is 9.53 Å². The first kappa shape index (κ1) is 15.8. The lowest BCUT2D eigenvalue weighted by molar-refractivity contribution is -0.136. The van der Waals surface area contributed by atoms with Gasteiger partial charge in [-0.05, 0) is 44.1 Å². The van der Waals surface area contributed by atoms with E-state index in [0.717, 1.165) is 37.8 Å². The molecule has 4 nitrogen and oxygen atoms in total. The lowest BCUT2D eigenvalue weighted by Gasteiger charge is -2.34. The molecule has 0 bridgehead atoms. The smallest absolute Gasteiger partial charge is 0.248 e. The van der Waals surface area contributed by atoms with E-state index in [2.05, 4.69) is 12.2 Å². The summed E-state index contributed by atoms with van der Waals surface area (Å²) < 4.78 is 4.91. The molecular formula is C16H30N2O2. The highest BCUT2D eigenvalue weighted by atomic mass is 16.5. The number of nitrogens with one attached hydrogen (secondary N) is 1. The summed E-state index contributed by atoms with van der Waals surface area (Å²) in [7, 11) is 1.58. The van der Waals surface area contributed by atoms with E-state index in [1.807, 2.05) is 4.90 Å². The largest absolute Gasteiger partial charge is 0.375 e. The van der Waals surface area contributed by atoms with Gasteiger partial charge in [-0.15, -0.1) is 0 Å². The van der Waals surface area contributed by atoms with Crippen LogP contribution in [0.3, 0.4) is 0 Å². The molecule has 2 rings (SSSR count). The van der Waals surface area contributed by atoms with E-state index in [-0.39, 0.29) is 12.5 Å². The van der Waals surface area contributed by atoms with Gasteiger partial charge in [0.25, 0.3) is 0 Å². The first-order valence-electron chi connectivity index (χ1n) is 8.19. The molecule has 1 aliphatic carbocycles. The maximum absolute atomic E-state index is 11.7. The standard InChI is InChI=1S/C16H30N2O2/c1-13-3-5-14(6-4-13)11-17-15-7-9-18(10-8-15)16(19)12-20-2/h13-15,17H,3-12H2,1-2H3. The molecule has 0 aromatic carbocycles. The van der Waals surface area contributed by atoms with Crippen molar-refractivity contribution in [3.05, 3.63) is 0 Å².